The van der Waals surface area contributed by atoms with Crippen molar-refractivity contribution in [3.63, 3.8) is 0 Å². The van der Waals surface area contributed by atoms with Crippen LogP contribution in [0.25, 0.3) is 0 Å². The Labute approximate surface area is 123 Å². The summed E-state index contributed by atoms with van der Waals surface area (Å²) in [4.78, 5) is 0. The number of hydrogen-bond acceptors (Lipinski definition) is 2. The van der Waals surface area contributed by atoms with Crippen molar-refractivity contribution in [2.45, 2.75) is 13.2 Å². The van der Waals surface area contributed by atoms with Crippen molar-refractivity contribution >= 4 is 28.9 Å². The highest BCUT2D eigenvalue weighted by atomic mass is 35.5. The van der Waals surface area contributed by atoms with Crippen LogP contribution in [-0.2, 0) is 17.9 Å². The monoisotopic (exact) mass is 295 g/mol. The summed E-state index contributed by atoms with van der Waals surface area (Å²) in [6.45, 7) is 1.19. The lowest BCUT2D eigenvalue weighted by Crippen LogP contribution is -2.01. The highest BCUT2D eigenvalue weighted by Crippen LogP contribution is 2.25. The van der Waals surface area contributed by atoms with E-state index in [2.05, 4.69) is 5.32 Å². The van der Waals surface area contributed by atoms with Gasteiger partial charge in [-0.3, -0.25) is 0 Å². The van der Waals surface area contributed by atoms with Gasteiger partial charge in [0.2, 0.25) is 0 Å². The Kier molecular flexibility index (Phi) is 5.08. The van der Waals surface area contributed by atoms with Gasteiger partial charge in [0.15, 0.2) is 0 Å². The van der Waals surface area contributed by atoms with Crippen molar-refractivity contribution in [2.75, 3.05) is 12.4 Å². The maximum Gasteiger partial charge on any atom is 0.0713 e. The number of benzene rings is 2. The van der Waals surface area contributed by atoms with Crippen LogP contribution in [0.2, 0.25) is 10.0 Å². The van der Waals surface area contributed by atoms with Crippen LogP contribution in [0.15, 0.2) is 42.5 Å². The predicted molar refractivity (Wildman–Crippen MR) is 80.9 cm³/mol. The first-order chi connectivity index (χ1) is 9.20. The third-order valence-corrected chi connectivity index (χ3v) is 3.48. The zero-order valence-electron chi connectivity index (χ0n) is 10.6. The zero-order chi connectivity index (χ0) is 13.7. The molecule has 0 aliphatic heterocycles. The summed E-state index contributed by atoms with van der Waals surface area (Å²) in [5, 5.41) is 4.67. The van der Waals surface area contributed by atoms with Gasteiger partial charge >= 0.3 is 0 Å². The predicted octanol–water partition coefficient (Wildman–Crippen LogP) is 4.75. The van der Waals surface area contributed by atoms with E-state index in [9.17, 15) is 0 Å². The molecule has 0 bridgehead atoms. The van der Waals surface area contributed by atoms with E-state index in [4.69, 9.17) is 27.9 Å². The number of anilines is 1. The van der Waals surface area contributed by atoms with Gasteiger partial charge in [-0.2, -0.15) is 0 Å². The molecule has 0 spiro atoms. The van der Waals surface area contributed by atoms with Crippen molar-refractivity contribution in [2.24, 2.45) is 0 Å². The lowest BCUT2D eigenvalue weighted by atomic mass is 10.2. The van der Waals surface area contributed by atoms with Gasteiger partial charge in [0.1, 0.15) is 0 Å². The van der Waals surface area contributed by atoms with E-state index in [0.717, 1.165) is 16.8 Å². The summed E-state index contributed by atoms with van der Waals surface area (Å²) in [6, 6.07) is 13.6. The topological polar surface area (TPSA) is 21.3 Å². The van der Waals surface area contributed by atoms with Crippen LogP contribution in [0.4, 0.5) is 5.69 Å². The van der Waals surface area contributed by atoms with Crippen molar-refractivity contribution in [3.8, 4) is 0 Å². The lowest BCUT2D eigenvalue weighted by Gasteiger charge is -2.11. The van der Waals surface area contributed by atoms with Crippen LogP contribution in [-0.4, -0.2) is 7.11 Å². The number of hydrogen-bond donors (Lipinski definition) is 1. The van der Waals surface area contributed by atoms with E-state index in [1.54, 1.807) is 7.11 Å². The molecule has 0 heterocycles. The van der Waals surface area contributed by atoms with E-state index in [1.165, 1.54) is 0 Å². The van der Waals surface area contributed by atoms with Gasteiger partial charge in [-0.15, -0.1) is 0 Å². The fraction of sp³-hybridized carbons (Fsp3) is 0.200. The van der Waals surface area contributed by atoms with E-state index in [1.807, 2.05) is 42.5 Å². The van der Waals surface area contributed by atoms with Gasteiger partial charge < -0.3 is 10.1 Å². The molecule has 100 valence electrons. The summed E-state index contributed by atoms with van der Waals surface area (Å²) in [7, 11) is 1.68. The Morgan fingerprint density at radius 1 is 1.05 bits per heavy atom. The average Bonchev–Trinajstić information content (AvgIpc) is 2.39. The quantitative estimate of drug-likeness (QED) is 0.859. The molecule has 0 atom stereocenters. The van der Waals surface area contributed by atoms with E-state index < -0.39 is 0 Å². The number of rotatable bonds is 5. The lowest BCUT2D eigenvalue weighted by molar-refractivity contribution is 0.185. The van der Waals surface area contributed by atoms with Crippen molar-refractivity contribution < 1.29 is 4.74 Å². The molecule has 0 saturated heterocycles. The highest BCUT2D eigenvalue weighted by Gasteiger charge is 2.05. The molecule has 0 unspecified atom stereocenters. The van der Waals surface area contributed by atoms with Gasteiger partial charge in [-0.05, 0) is 29.8 Å². The molecular weight excluding hydrogens is 281 g/mol. The molecule has 4 heteroatoms. The molecule has 2 nitrogen and oxygen atoms in total. The van der Waals surface area contributed by atoms with Gasteiger partial charge in [-0.25, -0.2) is 0 Å². The summed E-state index contributed by atoms with van der Waals surface area (Å²) in [5.74, 6) is 0. The van der Waals surface area contributed by atoms with E-state index in [-0.39, 0.29) is 0 Å². The first kappa shape index (κ1) is 14.2. The summed E-state index contributed by atoms with van der Waals surface area (Å²) in [5.41, 5.74) is 3.05. The minimum atomic E-state index is 0.592. The second-order valence-corrected chi connectivity index (χ2v) is 5.00. The van der Waals surface area contributed by atoms with Gasteiger partial charge in [0, 0.05) is 35.0 Å². The van der Waals surface area contributed by atoms with E-state index >= 15 is 0 Å². The second kappa shape index (κ2) is 6.80. The van der Waals surface area contributed by atoms with Crippen LogP contribution < -0.4 is 5.32 Å². The Hall–Kier alpha value is -1.22. The minimum Gasteiger partial charge on any atom is -0.381 e. The summed E-state index contributed by atoms with van der Waals surface area (Å²) < 4.78 is 5.11. The SMILES string of the molecule is COCc1cccc(NCc2c(Cl)cccc2Cl)c1. The third-order valence-electron chi connectivity index (χ3n) is 2.77. The first-order valence-electron chi connectivity index (χ1n) is 5.95. The molecule has 2 rings (SSSR count). The van der Waals surface area contributed by atoms with Gasteiger partial charge in [0.05, 0.1) is 6.61 Å². The Morgan fingerprint density at radius 2 is 1.74 bits per heavy atom. The highest BCUT2D eigenvalue weighted by molar-refractivity contribution is 6.36. The smallest absolute Gasteiger partial charge is 0.0713 e. The van der Waals surface area contributed by atoms with Crippen molar-refractivity contribution in [1.29, 1.82) is 0 Å². The maximum atomic E-state index is 6.13. The van der Waals surface area contributed by atoms with Gasteiger partial charge in [0.25, 0.3) is 0 Å². The summed E-state index contributed by atoms with van der Waals surface area (Å²) in [6.07, 6.45) is 0. The molecule has 0 saturated carbocycles. The largest absolute Gasteiger partial charge is 0.381 e. The Bertz CT molecular complexity index is 537. The zero-order valence-corrected chi connectivity index (χ0v) is 12.1. The Balaban J connectivity index is 2.08. The van der Waals surface area contributed by atoms with Crippen LogP contribution in [0.1, 0.15) is 11.1 Å². The first-order valence-corrected chi connectivity index (χ1v) is 6.71. The molecule has 1 N–H and O–H groups in total. The molecule has 0 aromatic heterocycles. The molecule has 2 aromatic rings. The maximum absolute atomic E-state index is 6.13. The number of halogens is 2. The normalized spacial score (nSPS) is 10.5. The van der Waals surface area contributed by atoms with Crippen LogP contribution in [0.5, 0.6) is 0 Å². The standard InChI is InChI=1S/C15H15Cl2NO/c1-19-10-11-4-2-5-12(8-11)18-9-13-14(16)6-3-7-15(13)17/h2-8,18H,9-10H2,1H3. The molecule has 0 amide bonds. The molecule has 0 aliphatic carbocycles. The fourth-order valence-electron chi connectivity index (χ4n) is 1.83. The molecule has 19 heavy (non-hydrogen) atoms. The fourth-order valence-corrected chi connectivity index (χ4v) is 2.36. The van der Waals surface area contributed by atoms with Crippen LogP contribution in [0.3, 0.4) is 0 Å². The van der Waals surface area contributed by atoms with Crippen LogP contribution >= 0.6 is 23.2 Å². The van der Waals surface area contributed by atoms with E-state index in [0.29, 0.717) is 23.2 Å². The van der Waals surface area contributed by atoms with Crippen molar-refractivity contribution in [3.05, 3.63) is 63.6 Å². The molecule has 0 radical (unpaired) electrons. The van der Waals surface area contributed by atoms with Crippen LogP contribution in [0, 0.1) is 0 Å². The number of nitrogens with one attached hydrogen (secondary N) is 1. The number of methoxy groups -OCH3 is 1. The average molecular weight is 296 g/mol. The Morgan fingerprint density at radius 3 is 2.42 bits per heavy atom. The van der Waals surface area contributed by atoms with Crippen molar-refractivity contribution in [1.82, 2.24) is 0 Å². The minimum absolute atomic E-state index is 0.592. The molecule has 0 fully saturated rings. The summed E-state index contributed by atoms with van der Waals surface area (Å²) >= 11 is 12.3. The molecule has 2 aromatic carbocycles. The third kappa shape index (κ3) is 3.87. The number of ether oxygens (including phenoxy) is 1. The molecule has 0 aliphatic rings. The second-order valence-electron chi connectivity index (χ2n) is 4.19. The molecular formula is C15H15Cl2NO. The van der Waals surface area contributed by atoms with Gasteiger partial charge in [-0.1, -0.05) is 41.4 Å².